The Kier molecular flexibility index (Phi) is 5.37. The van der Waals surface area contributed by atoms with E-state index >= 15 is 0 Å². The lowest BCUT2D eigenvalue weighted by molar-refractivity contribution is -0.132. The van der Waals surface area contributed by atoms with E-state index in [4.69, 9.17) is 0 Å². The first kappa shape index (κ1) is 18.2. The van der Waals surface area contributed by atoms with Crippen LogP contribution in [0.1, 0.15) is 30.4 Å². The average molecular weight is 376 g/mol. The van der Waals surface area contributed by atoms with Crippen LogP contribution in [0.3, 0.4) is 0 Å². The van der Waals surface area contributed by atoms with E-state index < -0.39 is 0 Å². The summed E-state index contributed by atoms with van der Waals surface area (Å²) in [6, 6.07) is 12.0. The molecule has 28 heavy (non-hydrogen) atoms. The number of aromatic amines is 1. The van der Waals surface area contributed by atoms with Crippen molar-refractivity contribution in [1.82, 2.24) is 20.2 Å². The molecule has 0 spiro atoms. The molecule has 2 amide bonds. The van der Waals surface area contributed by atoms with Crippen LogP contribution in [0.4, 0.5) is 0 Å². The van der Waals surface area contributed by atoms with Crippen LogP contribution >= 0.6 is 0 Å². The molecule has 1 fully saturated rings. The summed E-state index contributed by atoms with van der Waals surface area (Å²) in [5.41, 5.74) is 3.29. The van der Waals surface area contributed by atoms with E-state index in [1.165, 1.54) is 5.39 Å². The molecule has 1 unspecified atom stereocenters. The van der Waals surface area contributed by atoms with Crippen LogP contribution in [0.15, 0.2) is 55.0 Å². The Morgan fingerprint density at radius 1 is 1.18 bits per heavy atom. The van der Waals surface area contributed by atoms with Gasteiger partial charge in [0.25, 0.3) is 0 Å². The molecular formula is C22H24N4O2. The van der Waals surface area contributed by atoms with Crippen LogP contribution in [0.2, 0.25) is 0 Å². The Morgan fingerprint density at radius 2 is 2.00 bits per heavy atom. The van der Waals surface area contributed by atoms with Gasteiger partial charge in [0.15, 0.2) is 0 Å². The molecular weight excluding hydrogens is 352 g/mol. The largest absolute Gasteiger partial charge is 0.361 e. The van der Waals surface area contributed by atoms with Gasteiger partial charge < -0.3 is 15.2 Å². The van der Waals surface area contributed by atoms with Gasteiger partial charge in [-0.3, -0.25) is 14.6 Å². The van der Waals surface area contributed by atoms with Crippen LogP contribution in [-0.4, -0.2) is 39.3 Å². The normalized spacial score (nSPS) is 16.3. The van der Waals surface area contributed by atoms with Crippen molar-refractivity contribution < 1.29 is 9.59 Å². The van der Waals surface area contributed by atoms with Crippen LogP contribution in [0.5, 0.6) is 0 Å². The summed E-state index contributed by atoms with van der Waals surface area (Å²) in [4.78, 5) is 33.8. The second-order valence-corrected chi connectivity index (χ2v) is 7.29. The molecule has 1 aliphatic rings. The number of nitrogens with one attached hydrogen (secondary N) is 2. The fraction of sp³-hybridized carbons (Fsp3) is 0.318. The van der Waals surface area contributed by atoms with E-state index in [2.05, 4.69) is 21.4 Å². The molecule has 1 aromatic carbocycles. The number of para-hydroxylation sites is 1. The number of amides is 2. The third-order valence-corrected chi connectivity index (χ3v) is 5.28. The molecule has 2 N–H and O–H groups in total. The van der Waals surface area contributed by atoms with Gasteiger partial charge in [-0.2, -0.15) is 0 Å². The molecule has 0 aliphatic carbocycles. The molecule has 6 heteroatoms. The van der Waals surface area contributed by atoms with Gasteiger partial charge in [0.05, 0.1) is 0 Å². The lowest BCUT2D eigenvalue weighted by Crippen LogP contribution is -2.41. The number of pyridine rings is 1. The van der Waals surface area contributed by atoms with E-state index in [1.54, 1.807) is 12.4 Å². The van der Waals surface area contributed by atoms with E-state index in [0.717, 1.165) is 23.1 Å². The number of hydrogen-bond acceptors (Lipinski definition) is 3. The van der Waals surface area contributed by atoms with Crippen molar-refractivity contribution in [2.75, 3.05) is 6.54 Å². The molecule has 144 valence electrons. The summed E-state index contributed by atoms with van der Waals surface area (Å²) in [5.74, 6) is 0.170. The molecule has 0 radical (unpaired) electrons. The Hall–Kier alpha value is -3.15. The zero-order chi connectivity index (χ0) is 19.3. The smallest absolute Gasteiger partial charge is 0.223 e. The lowest BCUT2D eigenvalue weighted by Gasteiger charge is -2.26. The predicted molar refractivity (Wildman–Crippen MR) is 107 cm³/mol. The van der Waals surface area contributed by atoms with Gasteiger partial charge in [-0.25, -0.2) is 0 Å². The first-order valence-electron chi connectivity index (χ1n) is 9.70. The minimum Gasteiger partial charge on any atom is -0.361 e. The molecule has 4 rings (SSSR count). The fourth-order valence-electron chi connectivity index (χ4n) is 3.78. The summed E-state index contributed by atoms with van der Waals surface area (Å²) < 4.78 is 0. The molecule has 0 bridgehead atoms. The van der Waals surface area contributed by atoms with Gasteiger partial charge in [-0.1, -0.05) is 18.2 Å². The second kappa shape index (κ2) is 8.25. The van der Waals surface area contributed by atoms with Crippen LogP contribution in [0.25, 0.3) is 10.9 Å². The number of rotatable bonds is 7. The molecule has 3 heterocycles. The third kappa shape index (κ3) is 4.22. The van der Waals surface area contributed by atoms with Gasteiger partial charge in [0, 0.05) is 61.5 Å². The predicted octanol–water partition coefficient (Wildman–Crippen LogP) is 2.80. The quantitative estimate of drug-likeness (QED) is 0.666. The van der Waals surface area contributed by atoms with Crippen molar-refractivity contribution in [3.63, 3.8) is 0 Å². The van der Waals surface area contributed by atoms with Crippen LogP contribution in [0, 0.1) is 0 Å². The number of H-pyrrole nitrogens is 1. The summed E-state index contributed by atoms with van der Waals surface area (Å²) in [5, 5.41) is 4.13. The molecule has 1 aliphatic heterocycles. The average Bonchev–Trinajstić information content (AvgIpc) is 3.32. The van der Waals surface area contributed by atoms with Crippen molar-refractivity contribution >= 4 is 22.7 Å². The number of nitrogens with zero attached hydrogens (tertiary/aromatic N) is 2. The van der Waals surface area contributed by atoms with Crippen LogP contribution in [-0.2, 0) is 22.6 Å². The van der Waals surface area contributed by atoms with Crippen molar-refractivity contribution in [2.24, 2.45) is 0 Å². The maximum absolute atomic E-state index is 13.0. The molecule has 6 nitrogen and oxygen atoms in total. The maximum atomic E-state index is 13.0. The zero-order valence-corrected chi connectivity index (χ0v) is 15.7. The lowest BCUT2D eigenvalue weighted by atomic mass is 10.1. The summed E-state index contributed by atoms with van der Waals surface area (Å²) in [6.45, 7) is 1.07. The van der Waals surface area contributed by atoms with Crippen molar-refractivity contribution in [3.8, 4) is 0 Å². The number of aromatic nitrogens is 2. The Bertz CT molecular complexity index is 967. The summed E-state index contributed by atoms with van der Waals surface area (Å²) >= 11 is 0. The third-order valence-electron chi connectivity index (χ3n) is 5.28. The standard InChI is InChI=1S/C22H24N4O2/c27-21-7-6-18(25-21)15-26(14-16-9-11-23-12-10-16)22(28)8-5-17-13-24-20-4-2-1-3-19(17)20/h1-4,9-13,18,24H,5-8,14-15H2,(H,25,27). The van der Waals surface area contributed by atoms with E-state index in [1.807, 2.05) is 41.4 Å². The minimum atomic E-state index is 0.0337. The monoisotopic (exact) mass is 376 g/mol. The molecule has 1 saturated heterocycles. The summed E-state index contributed by atoms with van der Waals surface area (Å²) in [7, 11) is 0. The molecule has 1 atom stereocenters. The Morgan fingerprint density at radius 3 is 2.79 bits per heavy atom. The number of aryl methyl sites for hydroxylation is 1. The van der Waals surface area contributed by atoms with Gasteiger partial charge in [-0.05, 0) is 42.2 Å². The van der Waals surface area contributed by atoms with Crippen LogP contribution < -0.4 is 5.32 Å². The number of carbonyl (C=O) groups excluding carboxylic acids is 2. The van der Waals surface area contributed by atoms with Gasteiger partial charge in [0.1, 0.15) is 0 Å². The highest BCUT2D eigenvalue weighted by Gasteiger charge is 2.25. The molecule has 3 aromatic rings. The Balaban J connectivity index is 1.44. The second-order valence-electron chi connectivity index (χ2n) is 7.29. The minimum absolute atomic E-state index is 0.0337. The number of fused-ring (bicyclic) bond motifs is 1. The fourth-order valence-corrected chi connectivity index (χ4v) is 3.78. The molecule has 0 saturated carbocycles. The van der Waals surface area contributed by atoms with E-state index in [-0.39, 0.29) is 17.9 Å². The van der Waals surface area contributed by atoms with Crippen molar-refractivity contribution in [3.05, 3.63) is 66.1 Å². The molecule has 2 aromatic heterocycles. The first-order chi connectivity index (χ1) is 13.7. The highest BCUT2D eigenvalue weighted by atomic mass is 16.2. The van der Waals surface area contributed by atoms with E-state index in [0.29, 0.717) is 32.4 Å². The maximum Gasteiger partial charge on any atom is 0.223 e. The number of benzene rings is 1. The van der Waals surface area contributed by atoms with Crippen molar-refractivity contribution in [2.45, 2.75) is 38.3 Å². The topological polar surface area (TPSA) is 78.1 Å². The van der Waals surface area contributed by atoms with E-state index in [9.17, 15) is 9.59 Å². The number of carbonyl (C=O) groups is 2. The van der Waals surface area contributed by atoms with Gasteiger partial charge in [0.2, 0.25) is 11.8 Å². The SMILES string of the molecule is O=C1CCC(CN(Cc2ccncc2)C(=O)CCc2c[nH]c3ccccc23)N1. The highest BCUT2D eigenvalue weighted by Crippen LogP contribution is 2.20. The number of hydrogen-bond donors (Lipinski definition) is 2. The first-order valence-corrected chi connectivity index (χ1v) is 9.70. The van der Waals surface area contributed by atoms with Gasteiger partial charge >= 0.3 is 0 Å². The van der Waals surface area contributed by atoms with Gasteiger partial charge in [-0.15, -0.1) is 0 Å². The zero-order valence-electron chi connectivity index (χ0n) is 15.7. The van der Waals surface area contributed by atoms with Crippen molar-refractivity contribution in [1.29, 1.82) is 0 Å². The highest BCUT2D eigenvalue weighted by molar-refractivity contribution is 5.84. The Labute approximate surface area is 164 Å². The summed E-state index contributed by atoms with van der Waals surface area (Å²) in [6.07, 6.45) is 7.91.